The molecular weight excluding hydrogens is 496 g/mol. The van der Waals surface area contributed by atoms with Gasteiger partial charge in [0.2, 0.25) is 11.8 Å². The van der Waals surface area contributed by atoms with Crippen LogP contribution >= 0.6 is 0 Å². The van der Waals surface area contributed by atoms with Gasteiger partial charge in [-0.3, -0.25) is 9.59 Å². The van der Waals surface area contributed by atoms with E-state index in [-0.39, 0.29) is 47.4 Å². The maximum Gasteiger partial charge on any atom is 0.220 e. The van der Waals surface area contributed by atoms with Crippen molar-refractivity contribution in [3.8, 4) is 23.0 Å². The van der Waals surface area contributed by atoms with Crippen molar-refractivity contribution in [1.82, 2.24) is 10.6 Å². The van der Waals surface area contributed by atoms with E-state index in [9.17, 15) is 19.8 Å². The van der Waals surface area contributed by atoms with Crippen LogP contribution in [0.15, 0.2) is 24.3 Å². The lowest BCUT2D eigenvalue weighted by atomic mass is 9.92. The summed E-state index contributed by atoms with van der Waals surface area (Å²) in [6, 6.07) is 7.43. The quantitative estimate of drug-likeness (QED) is 0.331. The average Bonchev–Trinajstić information content (AvgIpc) is 2.86. The molecule has 2 heterocycles. The summed E-state index contributed by atoms with van der Waals surface area (Å²) in [6.45, 7) is 9.06. The van der Waals surface area contributed by atoms with E-state index >= 15 is 0 Å². The summed E-state index contributed by atoms with van der Waals surface area (Å²) in [5.74, 6) is 1.73. The number of rotatable bonds is 10. The normalized spacial score (nSPS) is 16.7. The van der Waals surface area contributed by atoms with Crippen molar-refractivity contribution in [2.75, 3.05) is 13.1 Å². The number of benzene rings is 2. The van der Waals surface area contributed by atoms with E-state index in [1.807, 2.05) is 52.0 Å². The Morgan fingerprint density at radius 2 is 1.15 bits per heavy atom. The van der Waals surface area contributed by atoms with Crippen molar-refractivity contribution in [2.24, 2.45) is 0 Å². The second-order valence-electron chi connectivity index (χ2n) is 11.9. The van der Waals surface area contributed by atoms with Crippen LogP contribution in [-0.4, -0.2) is 46.3 Å². The zero-order valence-corrected chi connectivity index (χ0v) is 23.6. The SMILES string of the molecule is CC1(C)CCc2c(ccc(CCC(=O)NCCCNC(=O)CCc3ccc4c(c3O)CCC(C)(C)O4)c2O)O1. The predicted octanol–water partition coefficient (Wildman–Crippen LogP) is 4.49. The zero-order valence-electron chi connectivity index (χ0n) is 23.6. The van der Waals surface area contributed by atoms with Crippen LogP contribution in [0.1, 0.15) is 82.1 Å². The summed E-state index contributed by atoms with van der Waals surface area (Å²) in [4.78, 5) is 24.6. The number of aryl methyl sites for hydroxylation is 2. The van der Waals surface area contributed by atoms with Gasteiger partial charge in [0.25, 0.3) is 0 Å². The van der Waals surface area contributed by atoms with Crippen LogP contribution in [0.5, 0.6) is 23.0 Å². The lowest BCUT2D eigenvalue weighted by Gasteiger charge is -2.33. The molecule has 0 bridgehead atoms. The van der Waals surface area contributed by atoms with Gasteiger partial charge in [-0.05, 0) is 95.9 Å². The molecule has 2 aliphatic rings. The van der Waals surface area contributed by atoms with E-state index in [0.717, 1.165) is 59.4 Å². The Balaban J connectivity index is 1.12. The van der Waals surface area contributed by atoms with Crippen LogP contribution in [0, 0.1) is 0 Å². The van der Waals surface area contributed by atoms with Crippen LogP contribution in [0.2, 0.25) is 0 Å². The number of hydrogen-bond acceptors (Lipinski definition) is 6. The molecular formula is C31H42N2O6. The van der Waals surface area contributed by atoms with Gasteiger partial charge < -0.3 is 30.3 Å². The highest BCUT2D eigenvalue weighted by atomic mass is 16.5. The van der Waals surface area contributed by atoms with Gasteiger partial charge in [-0.25, -0.2) is 0 Å². The lowest BCUT2D eigenvalue weighted by molar-refractivity contribution is -0.121. The van der Waals surface area contributed by atoms with Gasteiger partial charge in [0, 0.05) is 37.1 Å². The fourth-order valence-corrected chi connectivity index (χ4v) is 5.18. The average molecular weight is 539 g/mol. The van der Waals surface area contributed by atoms with Gasteiger partial charge in [0.05, 0.1) is 0 Å². The molecule has 4 rings (SSSR count). The fourth-order valence-electron chi connectivity index (χ4n) is 5.18. The van der Waals surface area contributed by atoms with Gasteiger partial charge in [-0.2, -0.15) is 0 Å². The molecule has 8 nitrogen and oxygen atoms in total. The lowest BCUT2D eigenvalue weighted by Crippen LogP contribution is -2.32. The van der Waals surface area contributed by atoms with E-state index in [1.165, 1.54) is 0 Å². The number of phenolic OH excluding ortho intramolecular Hbond substituents is 2. The van der Waals surface area contributed by atoms with Gasteiger partial charge in [0.15, 0.2) is 0 Å². The van der Waals surface area contributed by atoms with Crippen LogP contribution in [0.25, 0.3) is 0 Å². The molecule has 0 radical (unpaired) electrons. The van der Waals surface area contributed by atoms with Gasteiger partial charge in [-0.15, -0.1) is 0 Å². The number of amides is 2. The van der Waals surface area contributed by atoms with Crippen LogP contribution in [-0.2, 0) is 35.3 Å². The molecule has 2 aromatic carbocycles. The standard InChI is InChI=1S/C31H42N2O6/c1-30(2)16-14-22-24(38-30)10-6-20(28(22)36)8-12-26(34)32-18-5-19-33-27(35)13-9-21-7-11-25-23(29(21)37)15-17-31(3,4)39-25/h6-7,10-11,36-37H,5,8-9,12-19H2,1-4H3,(H,32,34)(H,33,35). The molecule has 8 heteroatoms. The minimum atomic E-state index is -0.238. The topological polar surface area (TPSA) is 117 Å². The van der Waals surface area contributed by atoms with Crippen molar-refractivity contribution in [3.63, 3.8) is 0 Å². The Bertz CT molecular complexity index is 1130. The first-order chi connectivity index (χ1) is 18.4. The highest BCUT2D eigenvalue weighted by Crippen LogP contribution is 2.41. The molecule has 0 saturated heterocycles. The molecule has 212 valence electrons. The summed E-state index contributed by atoms with van der Waals surface area (Å²) in [7, 11) is 0. The highest BCUT2D eigenvalue weighted by molar-refractivity contribution is 5.77. The molecule has 4 N–H and O–H groups in total. The largest absolute Gasteiger partial charge is 0.507 e. The summed E-state index contributed by atoms with van der Waals surface area (Å²) in [5.41, 5.74) is 2.67. The number of nitrogens with one attached hydrogen (secondary N) is 2. The minimum Gasteiger partial charge on any atom is -0.507 e. The molecule has 0 aromatic heterocycles. The fraction of sp³-hybridized carbons (Fsp3) is 0.548. The number of ether oxygens (including phenoxy) is 2. The summed E-state index contributed by atoms with van der Waals surface area (Å²) < 4.78 is 11.9. The van der Waals surface area contributed by atoms with Crippen molar-refractivity contribution >= 4 is 11.8 Å². The molecule has 0 fully saturated rings. The van der Waals surface area contributed by atoms with Gasteiger partial charge in [-0.1, -0.05) is 12.1 Å². The Morgan fingerprint density at radius 3 is 1.56 bits per heavy atom. The molecule has 2 amide bonds. The van der Waals surface area contributed by atoms with Gasteiger partial charge >= 0.3 is 0 Å². The minimum absolute atomic E-state index is 0.0916. The van der Waals surface area contributed by atoms with Crippen molar-refractivity contribution in [3.05, 3.63) is 46.5 Å². The first kappa shape index (κ1) is 28.6. The number of aromatic hydroxyl groups is 2. The molecule has 2 aliphatic heterocycles. The molecule has 39 heavy (non-hydrogen) atoms. The summed E-state index contributed by atoms with van der Waals surface area (Å²) >= 11 is 0. The predicted molar refractivity (Wildman–Crippen MR) is 150 cm³/mol. The second-order valence-corrected chi connectivity index (χ2v) is 11.9. The van der Waals surface area contributed by atoms with E-state index in [0.29, 0.717) is 32.4 Å². The maximum atomic E-state index is 12.3. The monoisotopic (exact) mass is 538 g/mol. The first-order valence-electron chi connectivity index (χ1n) is 14.0. The van der Waals surface area contributed by atoms with Crippen LogP contribution in [0.4, 0.5) is 0 Å². The molecule has 0 atom stereocenters. The van der Waals surface area contributed by atoms with E-state index in [1.54, 1.807) is 0 Å². The van der Waals surface area contributed by atoms with Crippen LogP contribution in [0.3, 0.4) is 0 Å². The third kappa shape index (κ3) is 7.37. The van der Waals surface area contributed by atoms with Crippen molar-refractivity contribution < 1.29 is 29.3 Å². The molecule has 0 aliphatic carbocycles. The Morgan fingerprint density at radius 1 is 0.744 bits per heavy atom. The third-order valence-corrected chi connectivity index (χ3v) is 7.61. The zero-order chi connectivity index (χ0) is 28.2. The highest BCUT2D eigenvalue weighted by Gasteiger charge is 2.30. The Hall–Kier alpha value is -3.42. The molecule has 2 aromatic rings. The maximum absolute atomic E-state index is 12.3. The van der Waals surface area contributed by atoms with E-state index in [4.69, 9.17) is 9.47 Å². The summed E-state index contributed by atoms with van der Waals surface area (Å²) in [6.07, 6.45) is 5.23. The van der Waals surface area contributed by atoms with Crippen molar-refractivity contribution in [1.29, 1.82) is 0 Å². The number of carbonyl (C=O) groups excluding carboxylic acids is 2. The number of phenols is 2. The second kappa shape index (κ2) is 11.8. The number of carbonyl (C=O) groups is 2. The summed E-state index contributed by atoms with van der Waals surface area (Å²) in [5, 5.41) is 27.0. The Labute approximate surface area is 231 Å². The van der Waals surface area contributed by atoms with E-state index < -0.39 is 0 Å². The number of fused-ring (bicyclic) bond motifs is 2. The number of hydrogen-bond donors (Lipinski definition) is 4. The molecule has 0 unspecified atom stereocenters. The smallest absolute Gasteiger partial charge is 0.220 e. The molecule has 0 spiro atoms. The van der Waals surface area contributed by atoms with Crippen molar-refractivity contribution in [2.45, 2.75) is 96.7 Å². The molecule has 0 saturated carbocycles. The first-order valence-corrected chi connectivity index (χ1v) is 14.0. The van der Waals surface area contributed by atoms with E-state index in [2.05, 4.69) is 10.6 Å². The Kier molecular flexibility index (Phi) is 8.62. The third-order valence-electron chi connectivity index (χ3n) is 7.61. The van der Waals surface area contributed by atoms with Gasteiger partial charge in [0.1, 0.15) is 34.2 Å². The van der Waals surface area contributed by atoms with Crippen LogP contribution < -0.4 is 20.1 Å².